The third kappa shape index (κ3) is 6.20. The van der Waals surface area contributed by atoms with E-state index >= 15 is 0 Å². The molecule has 0 atom stereocenters. The highest BCUT2D eigenvalue weighted by atomic mass is 16.1. The van der Waals surface area contributed by atoms with E-state index in [-0.39, 0.29) is 12.5 Å². The molecule has 1 rings (SSSR count). The lowest BCUT2D eigenvalue weighted by Gasteiger charge is -2.20. The number of hydrogen-bond acceptors (Lipinski definition) is 4. The number of carbonyl (C=O) groups is 1. The molecule has 0 radical (unpaired) electrons. The Hall–Kier alpha value is -1.62. The largest absolute Gasteiger partial charge is 0.385 e. The summed E-state index contributed by atoms with van der Waals surface area (Å²) in [6.07, 6.45) is 3.94. The molecular formula is C14H24N4O. The Morgan fingerprint density at radius 2 is 2.26 bits per heavy atom. The van der Waals surface area contributed by atoms with Crippen molar-refractivity contribution in [1.29, 1.82) is 0 Å². The standard InChI is InChI=1S/C14H24N4O/c1-3-5-8-18(11-14(15)19)10-13-9-12(16-4-2)6-7-17-13/h6-7,9H,3-5,8,10-11H2,1-2H3,(H2,15,19)(H,16,17). The van der Waals surface area contributed by atoms with Gasteiger partial charge in [0.25, 0.3) is 0 Å². The normalized spacial score (nSPS) is 10.7. The van der Waals surface area contributed by atoms with Crippen LogP contribution in [-0.4, -0.2) is 35.4 Å². The maximum Gasteiger partial charge on any atom is 0.231 e. The van der Waals surface area contributed by atoms with Crippen molar-refractivity contribution >= 4 is 11.6 Å². The Bertz CT molecular complexity index is 395. The van der Waals surface area contributed by atoms with E-state index in [0.29, 0.717) is 6.54 Å². The number of anilines is 1. The van der Waals surface area contributed by atoms with Crippen molar-refractivity contribution in [2.45, 2.75) is 33.2 Å². The first kappa shape index (κ1) is 15.4. The average molecular weight is 264 g/mol. The molecule has 5 nitrogen and oxygen atoms in total. The Morgan fingerprint density at radius 3 is 2.89 bits per heavy atom. The number of carbonyl (C=O) groups excluding carboxylic acids is 1. The number of nitrogens with one attached hydrogen (secondary N) is 1. The first-order valence-electron chi connectivity index (χ1n) is 6.85. The van der Waals surface area contributed by atoms with Gasteiger partial charge in [-0.3, -0.25) is 14.7 Å². The number of hydrogen-bond donors (Lipinski definition) is 2. The predicted octanol–water partition coefficient (Wildman–Crippen LogP) is 1.60. The van der Waals surface area contributed by atoms with Crippen molar-refractivity contribution in [3.05, 3.63) is 24.0 Å². The Labute approximate surface area is 115 Å². The minimum absolute atomic E-state index is 0.285. The van der Waals surface area contributed by atoms with Gasteiger partial charge in [-0.05, 0) is 32.0 Å². The Morgan fingerprint density at radius 1 is 1.47 bits per heavy atom. The van der Waals surface area contributed by atoms with Gasteiger partial charge in [0, 0.05) is 25.0 Å². The third-order valence-corrected chi connectivity index (χ3v) is 2.79. The lowest BCUT2D eigenvalue weighted by Crippen LogP contribution is -2.34. The Kier molecular flexibility index (Phi) is 6.89. The van der Waals surface area contributed by atoms with Crippen LogP contribution in [0.1, 0.15) is 32.4 Å². The van der Waals surface area contributed by atoms with Crippen LogP contribution in [0.2, 0.25) is 0 Å². The molecule has 0 aliphatic carbocycles. The number of aromatic nitrogens is 1. The predicted molar refractivity (Wildman–Crippen MR) is 77.8 cm³/mol. The van der Waals surface area contributed by atoms with E-state index in [1.807, 2.05) is 17.0 Å². The molecule has 0 saturated carbocycles. The van der Waals surface area contributed by atoms with Crippen molar-refractivity contribution in [2.75, 3.05) is 25.0 Å². The van der Waals surface area contributed by atoms with Gasteiger partial charge in [0.2, 0.25) is 5.91 Å². The summed E-state index contributed by atoms with van der Waals surface area (Å²) < 4.78 is 0. The highest BCUT2D eigenvalue weighted by Gasteiger charge is 2.09. The third-order valence-electron chi connectivity index (χ3n) is 2.79. The van der Waals surface area contributed by atoms with Crippen LogP contribution in [-0.2, 0) is 11.3 Å². The van der Waals surface area contributed by atoms with E-state index in [9.17, 15) is 4.79 Å². The van der Waals surface area contributed by atoms with Crippen molar-refractivity contribution in [3.63, 3.8) is 0 Å². The quantitative estimate of drug-likeness (QED) is 0.710. The van der Waals surface area contributed by atoms with Gasteiger partial charge in [-0.25, -0.2) is 0 Å². The lowest BCUT2D eigenvalue weighted by molar-refractivity contribution is -0.119. The van der Waals surface area contributed by atoms with Crippen LogP contribution in [0.25, 0.3) is 0 Å². The summed E-state index contributed by atoms with van der Waals surface area (Å²) in [5.41, 5.74) is 7.29. The highest BCUT2D eigenvalue weighted by molar-refractivity contribution is 5.75. The van der Waals surface area contributed by atoms with Crippen LogP contribution >= 0.6 is 0 Å². The molecule has 1 aromatic heterocycles. The van der Waals surface area contributed by atoms with Gasteiger partial charge in [0.1, 0.15) is 0 Å². The molecule has 106 valence electrons. The zero-order valence-electron chi connectivity index (χ0n) is 11.9. The summed E-state index contributed by atoms with van der Waals surface area (Å²) in [6.45, 7) is 6.87. The number of nitrogens with two attached hydrogens (primary N) is 1. The van der Waals surface area contributed by atoms with E-state index in [1.165, 1.54) is 0 Å². The second-order valence-corrected chi connectivity index (χ2v) is 4.60. The fraction of sp³-hybridized carbons (Fsp3) is 0.571. The van der Waals surface area contributed by atoms with Gasteiger partial charge in [0.15, 0.2) is 0 Å². The highest BCUT2D eigenvalue weighted by Crippen LogP contribution is 2.10. The van der Waals surface area contributed by atoms with Crippen molar-refractivity contribution in [3.8, 4) is 0 Å². The molecule has 3 N–H and O–H groups in total. The number of primary amides is 1. The maximum atomic E-state index is 11.1. The summed E-state index contributed by atoms with van der Waals surface area (Å²) in [7, 11) is 0. The molecule has 19 heavy (non-hydrogen) atoms. The summed E-state index contributed by atoms with van der Waals surface area (Å²) >= 11 is 0. The molecule has 1 amide bonds. The van der Waals surface area contributed by atoms with Gasteiger partial charge >= 0.3 is 0 Å². The molecule has 0 aliphatic heterocycles. The van der Waals surface area contributed by atoms with E-state index in [0.717, 1.165) is 37.3 Å². The van der Waals surface area contributed by atoms with Crippen LogP contribution in [0, 0.1) is 0 Å². The first-order valence-corrected chi connectivity index (χ1v) is 6.85. The van der Waals surface area contributed by atoms with Gasteiger partial charge in [-0.15, -0.1) is 0 Å². The van der Waals surface area contributed by atoms with Crippen LogP contribution in [0.4, 0.5) is 5.69 Å². The van der Waals surface area contributed by atoms with Gasteiger partial charge in [-0.2, -0.15) is 0 Å². The topological polar surface area (TPSA) is 71.2 Å². The van der Waals surface area contributed by atoms with Crippen LogP contribution < -0.4 is 11.1 Å². The summed E-state index contributed by atoms with van der Waals surface area (Å²) in [4.78, 5) is 17.5. The smallest absolute Gasteiger partial charge is 0.231 e. The van der Waals surface area contributed by atoms with Crippen molar-refractivity contribution < 1.29 is 4.79 Å². The SMILES string of the molecule is CCCCN(CC(N)=O)Cc1cc(NCC)ccn1. The zero-order valence-corrected chi connectivity index (χ0v) is 11.9. The van der Waals surface area contributed by atoms with Crippen LogP contribution in [0.15, 0.2) is 18.3 Å². The maximum absolute atomic E-state index is 11.1. The minimum atomic E-state index is -0.293. The molecule has 0 bridgehead atoms. The van der Waals surface area contributed by atoms with Gasteiger partial charge < -0.3 is 11.1 Å². The molecule has 1 aromatic rings. The average Bonchev–Trinajstić information content (AvgIpc) is 2.36. The molecule has 1 heterocycles. The minimum Gasteiger partial charge on any atom is -0.385 e. The molecule has 5 heteroatoms. The first-order chi connectivity index (χ1) is 9.15. The summed E-state index contributed by atoms with van der Waals surface area (Å²) in [5.74, 6) is -0.293. The van der Waals surface area contributed by atoms with Gasteiger partial charge in [-0.1, -0.05) is 13.3 Å². The van der Waals surface area contributed by atoms with Gasteiger partial charge in [0.05, 0.1) is 12.2 Å². The Balaban J connectivity index is 2.65. The van der Waals surface area contributed by atoms with Crippen molar-refractivity contribution in [1.82, 2.24) is 9.88 Å². The molecule has 0 fully saturated rings. The lowest BCUT2D eigenvalue weighted by atomic mass is 10.2. The zero-order chi connectivity index (χ0) is 14.1. The second-order valence-electron chi connectivity index (χ2n) is 4.60. The summed E-state index contributed by atoms with van der Waals surface area (Å²) in [6, 6.07) is 3.96. The van der Waals surface area contributed by atoms with E-state index < -0.39 is 0 Å². The molecule has 0 unspecified atom stereocenters. The molecule has 0 aliphatic rings. The number of nitrogens with zero attached hydrogens (tertiary/aromatic N) is 2. The number of amides is 1. The van der Waals surface area contributed by atoms with E-state index in [4.69, 9.17) is 5.73 Å². The second kappa shape index (κ2) is 8.48. The molecule has 0 saturated heterocycles. The fourth-order valence-corrected chi connectivity index (χ4v) is 1.92. The van der Waals surface area contributed by atoms with Crippen LogP contribution in [0.3, 0.4) is 0 Å². The number of pyridine rings is 1. The molecular weight excluding hydrogens is 240 g/mol. The monoisotopic (exact) mass is 264 g/mol. The number of unbranched alkanes of at least 4 members (excludes halogenated alkanes) is 1. The number of rotatable bonds is 9. The molecule has 0 aromatic carbocycles. The summed E-state index contributed by atoms with van der Waals surface area (Å²) in [5, 5.41) is 3.25. The molecule has 0 spiro atoms. The fourth-order valence-electron chi connectivity index (χ4n) is 1.92. The van der Waals surface area contributed by atoms with E-state index in [2.05, 4.69) is 24.1 Å². The van der Waals surface area contributed by atoms with Crippen LogP contribution in [0.5, 0.6) is 0 Å². The van der Waals surface area contributed by atoms with Crippen molar-refractivity contribution in [2.24, 2.45) is 5.73 Å². The van der Waals surface area contributed by atoms with E-state index in [1.54, 1.807) is 6.20 Å².